The minimum Gasteiger partial charge on any atom is -0.253 e. The second-order valence-corrected chi connectivity index (χ2v) is 6.85. The Hall–Kier alpha value is -3.07. The normalized spacial score (nSPS) is 11.3. The van der Waals surface area contributed by atoms with Gasteiger partial charge in [-0.1, -0.05) is 97.8 Å². The molecule has 1 aromatic heterocycles. The molecule has 3 heteroatoms. The first-order chi connectivity index (χ1) is 13.4. The number of hydrogen-bond donors (Lipinski definition) is 0. The quantitative estimate of drug-likeness (QED) is 0.364. The zero-order valence-corrected chi connectivity index (χ0v) is 15.6. The third kappa shape index (κ3) is 3.10. The Kier molecular flexibility index (Phi) is 4.93. The topological polar surface area (TPSA) is 17.8 Å². The van der Waals surface area contributed by atoms with Gasteiger partial charge in [0, 0.05) is 6.20 Å². The van der Waals surface area contributed by atoms with Crippen molar-refractivity contribution in [2.24, 2.45) is 0 Å². The van der Waals surface area contributed by atoms with Crippen molar-refractivity contribution >= 4 is 7.28 Å². The van der Waals surface area contributed by atoms with E-state index in [1.165, 1.54) is 22.3 Å². The van der Waals surface area contributed by atoms with Crippen molar-refractivity contribution in [3.63, 3.8) is 0 Å². The Labute approximate surface area is 161 Å². The van der Waals surface area contributed by atoms with Crippen molar-refractivity contribution in [2.45, 2.75) is 18.7 Å². The lowest BCUT2D eigenvalue weighted by Crippen LogP contribution is -2.38. The van der Waals surface area contributed by atoms with Crippen molar-refractivity contribution in [3.8, 4) is 0 Å². The zero-order valence-electron chi connectivity index (χ0n) is 15.6. The molecule has 0 saturated heterocycles. The fourth-order valence-electron chi connectivity index (χ4n) is 3.90. The molecule has 0 aliphatic rings. The van der Waals surface area contributed by atoms with E-state index in [9.17, 15) is 0 Å². The van der Waals surface area contributed by atoms with Crippen LogP contribution in [0.3, 0.4) is 0 Å². The van der Waals surface area contributed by atoms with Crippen molar-refractivity contribution in [1.82, 2.24) is 9.78 Å². The monoisotopic (exact) mass is 350 g/mol. The molecule has 27 heavy (non-hydrogen) atoms. The van der Waals surface area contributed by atoms with Crippen LogP contribution in [0.4, 0.5) is 0 Å². The van der Waals surface area contributed by atoms with E-state index in [0.29, 0.717) is 0 Å². The summed E-state index contributed by atoms with van der Waals surface area (Å²) in [5.74, 6) is 0. The molecule has 0 spiro atoms. The molecular weight excluding hydrogens is 327 g/mol. The van der Waals surface area contributed by atoms with E-state index in [1.807, 2.05) is 6.20 Å². The van der Waals surface area contributed by atoms with E-state index in [-0.39, 0.29) is 0 Å². The van der Waals surface area contributed by atoms with Gasteiger partial charge in [-0.15, -0.1) is 0 Å². The highest BCUT2D eigenvalue weighted by atomic mass is 15.3. The summed E-state index contributed by atoms with van der Waals surface area (Å²) in [5, 5.41) is 4.85. The van der Waals surface area contributed by atoms with Crippen LogP contribution in [-0.2, 0) is 11.9 Å². The molecule has 0 fully saturated rings. The number of hydrogen-bond acceptors (Lipinski definition) is 1. The van der Waals surface area contributed by atoms with Gasteiger partial charge < -0.3 is 0 Å². The maximum atomic E-state index is 4.85. The molecule has 0 saturated carbocycles. The largest absolute Gasteiger partial charge is 0.253 e. The minimum absolute atomic E-state index is 0.504. The van der Waals surface area contributed by atoms with Crippen LogP contribution in [0, 0.1) is 0 Å². The second-order valence-electron chi connectivity index (χ2n) is 6.85. The average Bonchev–Trinajstić information content (AvgIpc) is 3.20. The molecule has 0 N–H and O–H groups in total. The molecule has 0 atom stereocenters. The Morgan fingerprint density at radius 3 is 1.59 bits per heavy atom. The number of aromatic nitrogens is 2. The highest BCUT2D eigenvalue weighted by Crippen LogP contribution is 2.40. The fourth-order valence-corrected chi connectivity index (χ4v) is 3.90. The number of benzene rings is 3. The molecule has 0 amide bonds. The van der Waals surface area contributed by atoms with Crippen molar-refractivity contribution < 1.29 is 0 Å². The van der Waals surface area contributed by atoms with E-state index in [2.05, 4.69) is 109 Å². The van der Waals surface area contributed by atoms with Gasteiger partial charge >= 0.3 is 0 Å². The van der Waals surface area contributed by atoms with Gasteiger partial charge in [0.2, 0.25) is 0 Å². The molecule has 0 aliphatic carbocycles. The molecule has 0 radical (unpaired) electrons. The van der Waals surface area contributed by atoms with Crippen LogP contribution in [0.15, 0.2) is 103 Å². The first-order valence-electron chi connectivity index (χ1n) is 9.56. The van der Waals surface area contributed by atoms with E-state index in [0.717, 1.165) is 13.6 Å². The van der Waals surface area contributed by atoms with E-state index in [1.54, 1.807) is 0 Å². The van der Waals surface area contributed by atoms with Gasteiger partial charge in [-0.25, -0.2) is 0 Å². The first kappa shape index (κ1) is 17.4. The Morgan fingerprint density at radius 1 is 0.741 bits per heavy atom. The van der Waals surface area contributed by atoms with E-state index in [4.69, 9.17) is 5.10 Å². The Bertz CT molecular complexity index is 882. The summed E-state index contributed by atoms with van der Waals surface area (Å²) in [7, 11) is 1.11. The van der Waals surface area contributed by atoms with E-state index >= 15 is 0 Å². The van der Waals surface area contributed by atoms with Crippen LogP contribution in [0.2, 0.25) is 6.82 Å². The molecule has 1 heterocycles. The molecule has 4 rings (SSSR count). The summed E-state index contributed by atoms with van der Waals surface area (Å²) in [6, 6.07) is 32.0. The zero-order chi connectivity index (χ0) is 18.5. The highest BCUT2D eigenvalue weighted by Gasteiger charge is 2.39. The maximum absolute atomic E-state index is 4.85. The van der Waals surface area contributed by atoms with Gasteiger partial charge in [-0.2, -0.15) is 5.10 Å². The third-order valence-corrected chi connectivity index (χ3v) is 5.09. The summed E-state index contributed by atoms with van der Waals surface area (Å²) in [5.41, 5.74) is 4.37. The Morgan fingerprint density at radius 2 is 1.19 bits per heavy atom. The lowest BCUT2D eigenvalue weighted by Gasteiger charge is -2.36. The number of rotatable bonds is 6. The molecule has 132 valence electrons. The van der Waals surface area contributed by atoms with Gasteiger partial charge in [0.05, 0.1) is 6.20 Å². The molecular formula is C24H23BN2. The predicted molar refractivity (Wildman–Crippen MR) is 114 cm³/mol. The van der Waals surface area contributed by atoms with Crippen molar-refractivity contribution in [2.75, 3.05) is 0 Å². The van der Waals surface area contributed by atoms with Gasteiger partial charge in [0.25, 0.3) is 0 Å². The van der Waals surface area contributed by atoms with Gasteiger partial charge in [0.1, 0.15) is 12.8 Å². The SMILES string of the molecule is CBCc1cnn(C(c2ccccc2)(c2ccccc2)c2ccccc2)c1. The average molecular weight is 350 g/mol. The van der Waals surface area contributed by atoms with E-state index < -0.39 is 5.54 Å². The number of nitrogens with zero attached hydrogens (tertiary/aromatic N) is 2. The van der Waals surface area contributed by atoms with Crippen LogP contribution in [-0.4, -0.2) is 17.1 Å². The van der Waals surface area contributed by atoms with Crippen LogP contribution < -0.4 is 0 Å². The Balaban J connectivity index is 2.06. The van der Waals surface area contributed by atoms with Gasteiger partial charge in [-0.05, 0) is 28.6 Å². The molecule has 2 nitrogen and oxygen atoms in total. The molecule has 4 aromatic rings. The fraction of sp³-hybridized carbons (Fsp3) is 0.125. The van der Waals surface area contributed by atoms with Crippen molar-refractivity contribution in [3.05, 3.63) is 126 Å². The molecule has 3 aromatic carbocycles. The molecule has 0 aliphatic heterocycles. The lowest BCUT2D eigenvalue weighted by atomic mass is 9.75. The molecule has 0 bridgehead atoms. The van der Waals surface area contributed by atoms with Crippen LogP contribution >= 0.6 is 0 Å². The van der Waals surface area contributed by atoms with Crippen LogP contribution in [0.5, 0.6) is 0 Å². The minimum atomic E-state index is -0.504. The lowest BCUT2D eigenvalue weighted by molar-refractivity contribution is 0.460. The highest BCUT2D eigenvalue weighted by molar-refractivity contribution is 6.32. The van der Waals surface area contributed by atoms with Gasteiger partial charge in [-0.3, -0.25) is 4.68 Å². The third-order valence-electron chi connectivity index (χ3n) is 5.09. The summed E-state index contributed by atoms with van der Waals surface area (Å²) in [4.78, 5) is 0. The summed E-state index contributed by atoms with van der Waals surface area (Å²) >= 11 is 0. The van der Waals surface area contributed by atoms with Gasteiger partial charge in [0.15, 0.2) is 0 Å². The maximum Gasteiger partial charge on any atom is 0.137 e. The smallest absolute Gasteiger partial charge is 0.137 e. The first-order valence-corrected chi connectivity index (χ1v) is 9.56. The summed E-state index contributed by atoms with van der Waals surface area (Å²) < 4.78 is 2.14. The predicted octanol–water partition coefficient (Wildman–Crippen LogP) is 4.71. The summed E-state index contributed by atoms with van der Waals surface area (Å²) in [6.45, 7) is 2.20. The van der Waals surface area contributed by atoms with Crippen LogP contribution in [0.1, 0.15) is 22.3 Å². The second kappa shape index (κ2) is 7.67. The van der Waals surface area contributed by atoms with Crippen LogP contribution in [0.25, 0.3) is 0 Å². The molecule has 0 unspecified atom stereocenters. The standard InChI is InChI=1S/C24H23BN2/c1-25-17-20-18-26-27(19-20)24(21-11-5-2-6-12-21,22-13-7-3-8-14-22)23-15-9-4-10-16-23/h2-16,18-19,25H,17H2,1H3. The van der Waals surface area contributed by atoms with Crippen molar-refractivity contribution in [1.29, 1.82) is 0 Å². The summed E-state index contributed by atoms with van der Waals surface area (Å²) in [6.07, 6.45) is 5.25.